The molecule has 1 atom stereocenters. The van der Waals surface area contributed by atoms with Crippen molar-refractivity contribution in [1.82, 2.24) is 0 Å². The highest BCUT2D eigenvalue weighted by molar-refractivity contribution is 5.60. The SMILES string of the molecule is c1ccc2c(c1)CCC2N1CCc2ccccc21. The number of nitrogens with zero attached hydrogens (tertiary/aromatic N) is 1. The van der Waals surface area contributed by atoms with Gasteiger partial charge < -0.3 is 4.90 Å². The van der Waals surface area contributed by atoms with Crippen LogP contribution in [0, 0.1) is 0 Å². The third-order valence-corrected chi connectivity index (χ3v) is 4.40. The van der Waals surface area contributed by atoms with Crippen molar-refractivity contribution in [3.63, 3.8) is 0 Å². The summed E-state index contributed by atoms with van der Waals surface area (Å²) in [6.07, 6.45) is 3.71. The summed E-state index contributed by atoms with van der Waals surface area (Å²) in [4.78, 5) is 2.61. The van der Waals surface area contributed by atoms with E-state index in [9.17, 15) is 0 Å². The quantitative estimate of drug-likeness (QED) is 0.728. The minimum atomic E-state index is 0.602. The predicted octanol–water partition coefficient (Wildman–Crippen LogP) is 3.74. The number of anilines is 1. The maximum Gasteiger partial charge on any atom is 0.0548 e. The van der Waals surface area contributed by atoms with E-state index >= 15 is 0 Å². The molecule has 2 aromatic carbocycles. The molecule has 4 rings (SSSR count). The van der Waals surface area contributed by atoms with Gasteiger partial charge >= 0.3 is 0 Å². The zero-order valence-corrected chi connectivity index (χ0v) is 10.5. The van der Waals surface area contributed by atoms with Crippen molar-refractivity contribution < 1.29 is 0 Å². The van der Waals surface area contributed by atoms with Gasteiger partial charge in [-0.25, -0.2) is 0 Å². The molecule has 1 aliphatic heterocycles. The predicted molar refractivity (Wildman–Crippen MR) is 75.0 cm³/mol. The summed E-state index contributed by atoms with van der Waals surface area (Å²) in [5, 5.41) is 0. The summed E-state index contributed by atoms with van der Waals surface area (Å²) in [5.41, 5.74) is 6.07. The number of fused-ring (bicyclic) bond motifs is 2. The number of rotatable bonds is 1. The van der Waals surface area contributed by atoms with Crippen LogP contribution in [0.4, 0.5) is 5.69 Å². The van der Waals surface area contributed by atoms with Crippen molar-refractivity contribution in [2.75, 3.05) is 11.4 Å². The number of aryl methyl sites for hydroxylation is 1. The Morgan fingerprint density at radius 3 is 2.56 bits per heavy atom. The van der Waals surface area contributed by atoms with Crippen LogP contribution in [-0.4, -0.2) is 6.54 Å². The van der Waals surface area contributed by atoms with Crippen LogP contribution >= 0.6 is 0 Å². The second-order valence-electron chi connectivity index (χ2n) is 5.33. The summed E-state index contributed by atoms with van der Waals surface area (Å²) in [7, 11) is 0. The summed E-state index contributed by atoms with van der Waals surface area (Å²) in [6.45, 7) is 1.18. The zero-order chi connectivity index (χ0) is 11.9. The fourth-order valence-corrected chi connectivity index (χ4v) is 3.55. The largest absolute Gasteiger partial charge is 0.364 e. The van der Waals surface area contributed by atoms with Crippen LogP contribution in [0.5, 0.6) is 0 Å². The van der Waals surface area contributed by atoms with Crippen molar-refractivity contribution in [3.05, 3.63) is 65.2 Å². The van der Waals surface area contributed by atoms with Crippen LogP contribution in [0.3, 0.4) is 0 Å². The normalized spacial score (nSPS) is 20.9. The molecule has 0 fully saturated rings. The highest BCUT2D eigenvalue weighted by Crippen LogP contribution is 2.41. The smallest absolute Gasteiger partial charge is 0.0548 e. The summed E-state index contributed by atoms with van der Waals surface area (Å²) >= 11 is 0. The highest BCUT2D eigenvalue weighted by Gasteiger charge is 2.31. The monoisotopic (exact) mass is 235 g/mol. The Labute approximate surface area is 108 Å². The summed E-state index contributed by atoms with van der Waals surface area (Å²) in [6, 6.07) is 18.4. The molecule has 0 saturated carbocycles. The Bertz CT molecular complexity index is 534. The lowest BCUT2D eigenvalue weighted by molar-refractivity contribution is 0.633. The Kier molecular flexibility index (Phi) is 2.19. The van der Waals surface area contributed by atoms with Gasteiger partial charge in [-0.2, -0.15) is 0 Å². The molecule has 0 spiro atoms. The van der Waals surface area contributed by atoms with Gasteiger partial charge in [-0.15, -0.1) is 0 Å². The van der Waals surface area contributed by atoms with E-state index in [1.165, 1.54) is 37.1 Å². The molecule has 0 aromatic heterocycles. The number of hydrogen-bond acceptors (Lipinski definition) is 1. The molecule has 0 amide bonds. The topological polar surface area (TPSA) is 3.24 Å². The Balaban J connectivity index is 1.75. The zero-order valence-electron chi connectivity index (χ0n) is 10.5. The van der Waals surface area contributed by atoms with Gasteiger partial charge in [0.25, 0.3) is 0 Å². The molecule has 0 radical (unpaired) electrons. The molecule has 1 unspecified atom stereocenters. The highest BCUT2D eigenvalue weighted by atomic mass is 15.2. The lowest BCUT2D eigenvalue weighted by Crippen LogP contribution is -2.24. The first-order chi connectivity index (χ1) is 8.93. The van der Waals surface area contributed by atoms with Crippen LogP contribution in [0.1, 0.15) is 29.2 Å². The minimum Gasteiger partial charge on any atom is -0.364 e. The Morgan fingerprint density at radius 2 is 1.61 bits per heavy atom. The molecule has 90 valence electrons. The molecule has 0 N–H and O–H groups in total. The van der Waals surface area contributed by atoms with E-state index in [0.717, 1.165) is 0 Å². The maximum atomic E-state index is 2.61. The standard InChI is InChI=1S/C17H17N/c1-3-7-15-13(5-1)9-10-17(15)18-12-11-14-6-2-4-8-16(14)18/h1-8,17H,9-12H2. The molecule has 2 aromatic rings. The first kappa shape index (κ1) is 10.2. The fourth-order valence-electron chi connectivity index (χ4n) is 3.55. The first-order valence-electron chi connectivity index (χ1n) is 6.86. The average Bonchev–Trinajstić information content (AvgIpc) is 3.01. The van der Waals surface area contributed by atoms with Crippen LogP contribution in [-0.2, 0) is 12.8 Å². The van der Waals surface area contributed by atoms with Gasteiger partial charge in [-0.3, -0.25) is 0 Å². The van der Waals surface area contributed by atoms with Crippen LogP contribution in [0.25, 0.3) is 0 Å². The maximum absolute atomic E-state index is 2.61. The first-order valence-corrected chi connectivity index (χ1v) is 6.86. The summed E-state index contributed by atoms with van der Waals surface area (Å²) in [5.74, 6) is 0. The van der Waals surface area contributed by atoms with Crippen LogP contribution < -0.4 is 4.90 Å². The van der Waals surface area contributed by atoms with Crippen molar-refractivity contribution in [2.45, 2.75) is 25.3 Å². The lowest BCUT2D eigenvalue weighted by atomic mass is 10.1. The van der Waals surface area contributed by atoms with Gasteiger partial charge in [0.05, 0.1) is 6.04 Å². The second kappa shape index (κ2) is 3.88. The van der Waals surface area contributed by atoms with E-state index in [4.69, 9.17) is 0 Å². The molecular weight excluding hydrogens is 218 g/mol. The second-order valence-corrected chi connectivity index (χ2v) is 5.33. The number of para-hydroxylation sites is 1. The molecule has 1 heteroatoms. The molecule has 1 nitrogen and oxygen atoms in total. The van der Waals surface area contributed by atoms with E-state index in [-0.39, 0.29) is 0 Å². The van der Waals surface area contributed by atoms with E-state index in [2.05, 4.69) is 53.4 Å². The van der Waals surface area contributed by atoms with Gasteiger partial charge in [0, 0.05) is 12.2 Å². The molecule has 1 aliphatic carbocycles. The Hall–Kier alpha value is -1.76. The lowest BCUT2D eigenvalue weighted by Gasteiger charge is -2.27. The van der Waals surface area contributed by atoms with Gasteiger partial charge in [-0.1, -0.05) is 42.5 Å². The average molecular weight is 235 g/mol. The number of hydrogen-bond donors (Lipinski definition) is 0. The molecule has 2 aliphatic rings. The van der Waals surface area contributed by atoms with Gasteiger partial charge in [0.1, 0.15) is 0 Å². The van der Waals surface area contributed by atoms with Crippen molar-refractivity contribution >= 4 is 5.69 Å². The molecule has 0 bridgehead atoms. The van der Waals surface area contributed by atoms with Gasteiger partial charge in [0.15, 0.2) is 0 Å². The van der Waals surface area contributed by atoms with E-state index in [1.54, 1.807) is 11.1 Å². The summed E-state index contributed by atoms with van der Waals surface area (Å²) < 4.78 is 0. The van der Waals surface area contributed by atoms with Crippen molar-refractivity contribution in [1.29, 1.82) is 0 Å². The van der Waals surface area contributed by atoms with Crippen molar-refractivity contribution in [2.24, 2.45) is 0 Å². The van der Waals surface area contributed by atoms with Gasteiger partial charge in [-0.05, 0) is 42.0 Å². The minimum absolute atomic E-state index is 0.602. The van der Waals surface area contributed by atoms with E-state index < -0.39 is 0 Å². The van der Waals surface area contributed by atoms with E-state index in [0.29, 0.717) is 6.04 Å². The Morgan fingerprint density at radius 1 is 0.833 bits per heavy atom. The van der Waals surface area contributed by atoms with Crippen molar-refractivity contribution in [3.8, 4) is 0 Å². The number of benzene rings is 2. The van der Waals surface area contributed by atoms with E-state index in [1.807, 2.05) is 0 Å². The third-order valence-electron chi connectivity index (χ3n) is 4.40. The fraction of sp³-hybridized carbons (Fsp3) is 0.294. The van der Waals surface area contributed by atoms with Crippen LogP contribution in [0.2, 0.25) is 0 Å². The molecule has 18 heavy (non-hydrogen) atoms. The molecule has 1 heterocycles. The molecule has 0 saturated heterocycles. The molecular formula is C17H17N. The van der Waals surface area contributed by atoms with Crippen LogP contribution in [0.15, 0.2) is 48.5 Å². The third kappa shape index (κ3) is 1.40. The van der Waals surface area contributed by atoms with Gasteiger partial charge in [0.2, 0.25) is 0 Å².